The van der Waals surface area contributed by atoms with Crippen LogP contribution in [0, 0.1) is 0 Å². The number of thioether (sulfide) groups is 1. The van der Waals surface area contributed by atoms with Crippen LogP contribution in [0.5, 0.6) is 0 Å². The van der Waals surface area contributed by atoms with E-state index in [4.69, 9.17) is 0 Å². The maximum atomic E-state index is 12.5. The average Bonchev–Trinajstić information content (AvgIpc) is 2.51. The highest BCUT2D eigenvalue weighted by Crippen LogP contribution is 2.28. The topological polar surface area (TPSA) is 54.9 Å². The normalized spacial score (nSPS) is 11.2. The number of nitrogens with one attached hydrogen (secondary N) is 1. The van der Waals surface area contributed by atoms with E-state index in [9.17, 15) is 18.0 Å². The van der Waals surface area contributed by atoms with Crippen LogP contribution in [-0.2, 0) is 17.5 Å². The van der Waals surface area contributed by atoms with Crippen molar-refractivity contribution in [1.29, 1.82) is 0 Å². The summed E-state index contributed by atoms with van der Waals surface area (Å²) in [5.41, 5.74) is -0.0779. The molecule has 0 radical (unpaired) electrons. The first-order valence-corrected chi connectivity index (χ1v) is 7.27. The quantitative estimate of drug-likeness (QED) is 0.678. The van der Waals surface area contributed by atoms with Gasteiger partial charge in [0.05, 0.1) is 5.75 Å². The standard InChI is InChI=1S/C14H12F3N3OS/c15-14(16,17)11-6-7-18-13(20-11)22-9-12(21)19-8-10-4-2-1-3-5-10/h1-7H,8-9H2,(H,19,21). The summed E-state index contributed by atoms with van der Waals surface area (Å²) in [6.07, 6.45) is -3.49. The van der Waals surface area contributed by atoms with Gasteiger partial charge in [-0.15, -0.1) is 0 Å². The average molecular weight is 327 g/mol. The van der Waals surface area contributed by atoms with Crippen LogP contribution in [0.2, 0.25) is 0 Å². The van der Waals surface area contributed by atoms with E-state index >= 15 is 0 Å². The Morgan fingerprint density at radius 3 is 2.59 bits per heavy atom. The van der Waals surface area contributed by atoms with E-state index in [1.165, 1.54) is 0 Å². The summed E-state index contributed by atoms with van der Waals surface area (Å²) in [5, 5.41) is 2.60. The Morgan fingerprint density at radius 1 is 1.18 bits per heavy atom. The summed E-state index contributed by atoms with van der Waals surface area (Å²) in [5.74, 6) is -0.344. The lowest BCUT2D eigenvalue weighted by Crippen LogP contribution is -2.24. The number of carbonyl (C=O) groups excluding carboxylic acids is 1. The van der Waals surface area contributed by atoms with Gasteiger partial charge in [0.15, 0.2) is 5.16 Å². The number of rotatable bonds is 5. The second-order valence-corrected chi connectivity index (χ2v) is 5.22. The van der Waals surface area contributed by atoms with E-state index in [-0.39, 0.29) is 16.8 Å². The maximum Gasteiger partial charge on any atom is 0.433 e. The molecule has 0 aliphatic carbocycles. The fourth-order valence-electron chi connectivity index (χ4n) is 1.55. The zero-order valence-electron chi connectivity index (χ0n) is 11.3. The third-order valence-corrected chi connectivity index (χ3v) is 3.45. The second-order valence-electron chi connectivity index (χ2n) is 4.27. The van der Waals surface area contributed by atoms with Gasteiger partial charge in [0.1, 0.15) is 5.69 Å². The van der Waals surface area contributed by atoms with Crippen LogP contribution in [0.1, 0.15) is 11.3 Å². The molecule has 1 amide bonds. The monoisotopic (exact) mass is 327 g/mol. The lowest BCUT2D eigenvalue weighted by Gasteiger charge is -2.07. The van der Waals surface area contributed by atoms with Gasteiger partial charge in [0.25, 0.3) is 0 Å². The van der Waals surface area contributed by atoms with Gasteiger partial charge < -0.3 is 5.32 Å². The molecule has 0 bridgehead atoms. The van der Waals surface area contributed by atoms with Gasteiger partial charge in [-0.05, 0) is 11.6 Å². The fourth-order valence-corrected chi connectivity index (χ4v) is 2.21. The summed E-state index contributed by atoms with van der Waals surface area (Å²) in [7, 11) is 0. The van der Waals surface area contributed by atoms with Crippen molar-refractivity contribution in [2.24, 2.45) is 0 Å². The summed E-state index contributed by atoms with van der Waals surface area (Å²) in [6.45, 7) is 0.365. The Kier molecular flexibility index (Phi) is 5.37. The van der Waals surface area contributed by atoms with Gasteiger partial charge in [0.2, 0.25) is 5.91 Å². The largest absolute Gasteiger partial charge is 0.433 e. The first-order valence-electron chi connectivity index (χ1n) is 6.29. The summed E-state index contributed by atoms with van der Waals surface area (Å²) in [4.78, 5) is 18.8. The van der Waals surface area contributed by atoms with Gasteiger partial charge in [-0.1, -0.05) is 42.1 Å². The fraction of sp³-hybridized carbons (Fsp3) is 0.214. The van der Waals surface area contributed by atoms with E-state index in [0.717, 1.165) is 29.6 Å². The molecule has 2 rings (SSSR count). The molecule has 0 saturated carbocycles. The molecule has 0 saturated heterocycles. The lowest BCUT2D eigenvalue weighted by atomic mass is 10.2. The van der Waals surface area contributed by atoms with Crippen LogP contribution in [0.3, 0.4) is 0 Å². The third kappa shape index (κ3) is 5.03. The number of amides is 1. The molecule has 0 aliphatic rings. The van der Waals surface area contributed by atoms with Crippen molar-refractivity contribution in [3.8, 4) is 0 Å². The van der Waals surface area contributed by atoms with Crippen LogP contribution in [0.4, 0.5) is 13.2 Å². The summed E-state index contributed by atoms with van der Waals surface area (Å²) >= 11 is 0.860. The highest BCUT2D eigenvalue weighted by atomic mass is 32.2. The predicted molar refractivity (Wildman–Crippen MR) is 76.0 cm³/mol. The Bertz CT molecular complexity index is 635. The minimum absolute atomic E-state index is 0.0475. The van der Waals surface area contributed by atoms with Crippen molar-refractivity contribution in [2.75, 3.05) is 5.75 Å². The van der Waals surface area contributed by atoms with Crippen LogP contribution in [0.15, 0.2) is 47.8 Å². The van der Waals surface area contributed by atoms with Crippen molar-refractivity contribution >= 4 is 17.7 Å². The molecule has 1 aromatic carbocycles. The molecule has 116 valence electrons. The Labute approximate surface area is 129 Å². The first-order chi connectivity index (χ1) is 10.4. The SMILES string of the molecule is O=C(CSc1nccc(C(F)(F)F)n1)NCc1ccccc1. The molecule has 0 atom stereocenters. The minimum Gasteiger partial charge on any atom is -0.351 e. The highest BCUT2D eigenvalue weighted by Gasteiger charge is 2.32. The number of aromatic nitrogens is 2. The van der Waals surface area contributed by atoms with Gasteiger partial charge in [0, 0.05) is 12.7 Å². The van der Waals surface area contributed by atoms with Crippen molar-refractivity contribution < 1.29 is 18.0 Å². The molecule has 0 fully saturated rings. The molecule has 1 N–H and O–H groups in total. The van der Waals surface area contributed by atoms with Crippen molar-refractivity contribution in [3.63, 3.8) is 0 Å². The van der Waals surface area contributed by atoms with E-state index < -0.39 is 11.9 Å². The third-order valence-electron chi connectivity index (χ3n) is 2.59. The number of halogens is 3. The van der Waals surface area contributed by atoms with E-state index in [1.54, 1.807) is 0 Å². The van der Waals surface area contributed by atoms with Gasteiger partial charge in [-0.3, -0.25) is 4.79 Å². The zero-order valence-corrected chi connectivity index (χ0v) is 12.1. The molecule has 0 spiro atoms. The Balaban J connectivity index is 1.84. The molecule has 0 unspecified atom stereocenters. The van der Waals surface area contributed by atoms with Crippen LogP contribution in [0.25, 0.3) is 0 Å². The Hall–Kier alpha value is -2.09. The first kappa shape index (κ1) is 16.3. The number of hydrogen-bond acceptors (Lipinski definition) is 4. The smallest absolute Gasteiger partial charge is 0.351 e. The zero-order chi connectivity index (χ0) is 16.0. The van der Waals surface area contributed by atoms with E-state index in [0.29, 0.717) is 6.54 Å². The minimum atomic E-state index is -4.52. The predicted octanol–water partition coefficient (Wildman–Crippen LogP) is 2.90. The number of nitrogens with zero attached hydrogens (tertiary/aromatic N) is 2. The van der Waals surface area contributed by atoms with Crippen LogP contribution < -0.4 is 5.32 Å². The van der Waals surface area contributed by atoms with Crippen molar-refractivity contribution in [1.82, 2.24) is 15.3 Å². The molecule has 1 heterocycles. The molecular weight excluding hydrogens is 315 g/mol. The molecule has 8 heteroatoms. The van der Waals surface area contributed by atoms with Crippen LogP contribution >= 0.6 is 11.8 Å². The molecule has 4 nitrogen and oxygen atoms in total. The Morgan fingerprint density at radius 2 is 1.91 bits per heavy atom. The number of hydrogen-bond donors (Lipinski definition) is 1. The van der Waals surface area contributed by atoms with Crippen molar-refractivity contribution in [2.45, 2.75) is 17.9 Å². The number of alkyl halides is 3. The second kappa shape index (κ2) is 7.26. The summed E-state index contributed by atoms with van der Waals surface area (Å²) in [6, 6.07) is 10.1. The number of benzene rings is 1. The molecule has 22 heavy (non-hydrogen) atoms. The summed E-state index contributed by atoms with van der Waals surface area (Å²) < 4.78 is 37.5. The molecule has 2 aromatic rings. The maximum absolute atomic E-state index is 12.5. The molecule has 0 aliphatic heterocycles. The van der Waals surface area contributed by atoms with Crippen molar-refractivity contribution in [3.05, 3.63) is 53.9 Å². The number of carbonyl (C=O) groups is 1. The van der Waals surface area contributed by atoms with E-state index in [1.807, 2.05) is 30.3 Å². The molecular formula is C14H12F3N3OS. The lowest BCUT2D eigenvalue weighted by molar-refractivity contribution is -0.141. The van der Waals surface area contributed by atoms with Crippen LogP contribution in [-0.4, -0.2) is 21.6 Å². The highest BCUT2D eigenvalue weighted by molar-refractivity contribution is 7.99. The van der Waals surface area contributed by atoms with Gasteiger partial charge in [-0.2, -0.15) is 13.2 Å². The molecule has 1 aromatic heterocycles. The van der Waals surface area contributed by atoms with Gasteiger partial charge in [-0.25, -0.2) is 9.97 Å². The van der Waals surface area contributed by atoms with E-state index in [2.05, 4.69) is 15.3 Å². The van der Waals surface area contributed by atoms with Gasteiger partial charge >= 0.3 is 6.18 Å².